The number of hydrazine groups is 1. The average molecular weight is 354 g/mol. The molecule has 2 N–H and O–H groups in total. The van der Waals surface area contributed by atoms with Crippen molar-refractivity contribution in [1.82, 2.24) is 15.8 Å². The van der Waals surface area contributed by atoms with Gasteiger partial charge < -0.3 is 0 Å². The maximum Gasteiger partial charge on any atom is 0.129 e. The Morgan fingerprint density at radius 1 is 1.12 bits per heavy atom. The van der Waals surface area contributed by atoms with Gasteiger partial charge in [-0.25, -0.2) is 10.4 Å². The normalized spacial score (nSPS) is 19.5. The molecule has 3 rings (SSSR count). The maximum atomic E-state index is 5.84. The molecule has 1 heterocycles. The van der Waals surface area contributed by atoms with E-state index in [1.807, 2.05) is 12.1 Å². The van der Waals surface area contributed by atoms with Gasteiger partial charge in [0.1, 0.15) is 5.15 Å². The van der Waals surface area contributed by atoms with Crippen LogP contribution in [0.3, 0.4) is 0 Å². The lowest BCUT2D eigenvalue weighted by molar-refractivity contribution is 0.347. The fraction of sp³-hybridized carbons (Fsp3) is 0.286. The topological polar surface area (TPSA) is 37.0 Å². The summed E-state index contributed by atoms with van der Waals surface area (Å²) in [5.41, 5.74) is 10.3. The minimum absolute atomic E-state index is 0.246. The van der Waals surface area contributed by atoms with Crippen molar-refractivity contribution < 1.29 is 0 Å². The zero-order valence-electron chi connectivity index (χ0n) is 14.7. The first-order valence-corrected chi connectivity index (χ1v) is 9.02. The Kier molecular flexibility index (Phi) is 5.69. The standard InChI is InChI=1S/C21H24ClN3/c1-16(2)18-7-9-19(10-8-18)21(12-4-3-5-13-21)25-24-15-17-6-11-20(22)23-14-17/h3-12,14,16,24-25H,13,15H2,1-2H3. The number of allylic oxidation sites excluding steroid dienone is 2. The third-order valence-corrected chi connectivity index (χ3v) is 4.78. The number of nitrogens with zero attached hydrogens (tertiary/aromatic N) is 1. The molecule has 0 aliphatic heterocycles. The zero-order chi connectivity index (χ0) is 17.7. The summed E-state index contributed by atoms with van der Waals surface area (Å²) < 4.78 is 0. The first-order valence-electron chi connectivity index (χ1n) is 8.64. The van der Waals surface area contributed by atoms with E-state index in [0.717, 1.165) is 12.0 Å². The van der Waals surface area contributed by atoms with E-state index in [9.17, 15) is 0 Å². The SMILES string of the molecule is CC(C)c1ccc(C2(NNCc3ccc(Cl)nc3)C=CC=CC2)cc1. The molecule has 1 aliphatic rings. The van der Waals surface area contributed by atoms with Crippen LogP contribution in [-0.4, -0.2) is 4.98 Å². The van der Waals surface area contributed by atoms with Gasteiger partial charge in [-0.1, -0.05) is 80.1 Å². The molecule has 3 nitrogen and oxygen atoms in total. The van der Waals surface area contributed by atoms with Gasteiger partial charge in [0.15, 0.2) is 0 Å². The largest absolute Gasteiger partial charge is 0.252 e. The number of halogens is 1. The second-order valence-electron chi connectivity index (χ2n) is 6.71. The Hall–Kier alpha value is -1.94. The van der Waals surface area contributed by atoms with Crippen LogP contribution in [0.4, 0.5) is 0 Å². The molecule has 25 heavy (non-hydrogen) atoms. The highest BCUT2D eigenvalue weighted by Gasteiger charge is 2.28. The molecule has 0 fully saturated rings. The lowest BCUT2D eigenvalue weighted by Crippen LogP contribution is -2.48. The summed E-state index contributed by atoms with van der Waals surface area (Å²) in [5.74, 6) is 0.537. The number of rotatable bonds is 6. The number of hydrogen-bond donors (Lipinski definition) is 2. The molecule has 1 atom stereocenters. The van der Waals surface area contributed by atoms with Gasteiger partial charge in [-0.05, 0) is 35.1 Å². The van der Waals surface area contributed by atoms with Crippen molar-refractivity contribution in [1.29, 1.82) is 0 Å². The van der Waals surface area contributed by atoms with Crippen molar-refractivity contribution in [3.8, 4) is 0 Å². The average Bonchev–Trinajstić information content (AvgIpc) is 2.64. The molecule has 0 bridgehead atoms. The Labute approximate surface area is 154 Å². The van der Waals surface area contributed by atoms with Gasteiger partial charge in [-0.2, -0.15) is 0 Å². The van der Waals surface area contributed by atoms with Gasteiger partial charge in [0.2, 0.25) is 0 Å². The lowest BCUT2D eigenvalue weighted by Gasteiger charge is -2.33. The quantitative estimate of drug-likeness (QED) is 0.575. The van der Waals surface area contributed by atoms with E-state index in [2.05, 4.69) is 78.3 Å². The summed E-state index contributed by atoms with van der Waals surface area (Å²) in [6.45, 7) is 5.11. The highest BCUT2D eigenvalue weighted by molar-refractivity contribution is 6.29. The summed E-state index contributed by atoms with van der Waals surface area (Å²) in [6.07, 6.45) is 11.3. The molecule has 4 heteroatoms. The van der Waals surface area contributed by atoms with Crippen LogP contribution in [0.2, 0.25) is 5.15 Å². The fourth-order valence-corrected chi connectivity index (χ4v) is 3.09. The predicted molar refractivity (Wildman–Crippen MR) is 104 cm³/mol. The molecular weight excluding hydrogens is 330 g/mol. The van der Waals surface area contributed by atoms with E-state index in [4.69, 9.17) is 11.6 Å². The van der Waals surface area contributed by atoms with Crippen molar-refractivity contribution in [2.24, 2.45) is 0 Å². The highest BCUT2D eigenvalue weighted by Crippen LogP contribution is 2.30. The number of hydrogen-bond acceptors (Lipinski definition) is 3. The van der Waals surface area contributed by atoms with E-state index in [1.54, 1.807) is 6.20 Å². The Morgan fingerprint density at radius 3 is 2.52 bits per heavy atom. The van der Waals surface area contributed by atoms with Gasteiger partial charge in [0.05, 0.1) is 5.54 Å². The third kappa shape index (κ3) is 4.37. The minimum Gasteiger partial charge on any atom is -0.252 e. The van der Waals surface area contributed by atoms with E-state index in [0.29, 0.717) is 17.6 Å². The van der Waals surface area contributed by atoms with Crippen LogP contribution >= 0.6 is 11.6 Å². The first kappa shape index (κ1) is 17.9. The van der Waals surface area contributed by atoms with Crippen LogP contribution in [0.1, 0.15) is 42.9 Å². The van der Waals surface area contributed by atoms with Crippen molar-refractivity contribution >= 4 is 11.6 Å². The van der Waals surface area contributed by atoms with E-state index in [1.165, 1.54) is 11.1 Å². The number of aromatic nitrogens is 1. The molecular formula is C21H24ClN3. The Morgan fingerprint density at radius 2 is 1.92 bits per heavy atom. The Bertz CT molecular complexity index is 748. The van der Waals surface area contributed by atoms with Crippen molar-refractivity contribution in [3.63, 3.8) is 0 Å². The van der Waals surface area contributed by atoms with Gasteiger partial charge in [0.25, 0.3) is 0 Å². The Balaban J connectivity index is 1.73. The van der Waals surface area contributed by atoms with Crippen LogP contribution < -0.4 is 10.9 Å². The van der Waals surface area contributed by atoms with Crippen LogP contribution in [-0.2, 0) is 12.1 Å². The smallest absolute Gasteiger partial charge is 0.129 e. The summed E-state index contributed by atoms with van der Waals surface area (Å²) >= 11 is 5.84. The van der Waals surface area contributed by atoms with Crippen LogP contribution in [0.25, 0.3) is 0 Å². The van der Waals surface area contributed by atoms with Gasteiger partial charge in [-0.15, -0.1) is 0 Å². The van der Waals surface area contributed by atoms with E-state index in [-0.39, 0.29) is 5.54 Å². The molecule has 1 unspecified atom stereocenters. The molecule has 1 aliphatic carbocycles. The van der Waals surface area contributed by atoms with Crippen LogP contribution in [0.5, 0.6) is 0 Å². The number of nitrogens with one attached hydrogen (secondary N) is 2. The summed E-state index contributed by atoms with van der Waals surface area (Å²) in [5, 5.41) is 0.513. The summed E-state index contributed by atoms with van der Waals surface area (Å²) in [4.78, 5) is 4.12. The van der Waals surface area contributed by atoms with Crippen LogP contribution in [0.15, 0.2) is 66.9 Å². The molecule has 130 valence electrons. The van der Waals surface area contributed by atoms with E-state index < -0.39 is 0 Å². The summed E-state index contributed by atoms with van der Waals surface area (Å²) in [6, 6.07) is 12.7. The first-order chi connectivity index (χ1) is 12.1. The number of benzene rings is 1. The second-order valence-corrected chi connectivity index (χ2v) is 7.09. The molecule has 0 radical (unpaired) electrons. The second kappa shape index (κ2) is 7.96. The molecule has 0 spiro atoms. The lowest BCUT2D eigenvalue weighted by atomic mass is 9.83. The van der Waals surface area contributed by atoms with Crippen molar-refractivity contribution in [2.75, 3.05) is 0 Å². The molecule has 0 saturated heterocycles. The number of pyridine rings is 1. The summed E-state index contributed by atoms with van der Waals surface area (Å²) in [7, 11) is 0. The molecule has 0 saturated carbocycles. The fourth-order valence-electron chi connectivity index (χ4n) is 2.98. The van der Waals surface area contributed by atoms with E-state index >= 15 is 0 Å². The van der Waals surface area contributed by atoms with Crippen molar-refractivity contribution in [2.45, 2.75) is 38.3 Å². The molecule has 1 aromatic carbocycles. The monoisotopic (exact) mass is 353 g/mol. The predicted octanol–water partition coefficient (Wildman–Crippen LogP) is 4.86. The van der Waals surface area contributed by atoms with Gasteiger partial charge in [-0.3, -0.25) is 5.43 Å². The third-order valence-electron chi connectivity index (χ3n) is 4.55. The molecule has 0 amide bonds. The molecule has 1 aromatic heterocycles. The van der Waals surface area contributed by atoms with Gasteiger partial charge in [0, 0.05) is 12.7 Å². The molecule has 2 aromatic rings. The van der Waals surface area contributed by atoms with Gasteiger partial charge >= 0.3 is 0 Å². The zero-order valence-corrected chi connectivity index (χ0v) is 15.4. The maximum absolute atomic E-state index is 5.84. The van der Waals surface area contributed by atoms with Crippen LogP contribution in [0, 0.1) is 0 Å². The highest BCUT2D eigenvalue weighted by atomic mass is 35.5. The minimum atomic E-state index is -0.246. The van der Waals surface area contributed by atoms with Crippen molar-refractivity contribution in [3.05, 3.63) is 88.7 Å².